The van der Waals surface area contributed by atoms with Crippen molar-refractivity contribution in [1.82, 2.24) is 4.90 Å². The molecule has 0 saturated carbocycles. The Morgan fingerprint density at radius 3 is 2.28 bits per heavy atom. The van der Waals surface area contributed by atoms with Crippen LogP contribution in [0.1, 0.15) is 13.3 Å². The highest BCUT2D eigenvalue weighted by Gasteiger charge is 2.17. The average molecular weight is 416 g/mol. The van der Waals surface area contributed by atoms with Crippen LogP contribution in [0, 0.1) is 11.3 Å². The van der Waals surface area contributed by atoms with Crippen molar-refractivity contribution in [2.75, 3.05) is 44.8 Å². The van der Waals surface area contributed by atoms with Crippen LogP contribution in [0.25, 0.3) is 0 Å². The summed E-state index contributed by atoms with van der Waals surface area (Å²) in [7, 11) is 1.86. The predicted octanol–water partition coefficient (Wildman–Crippen LogP) is 4.00. The molecule has 1 amide bonds. The van der Waals surface area contributed by atoms with Gasteiger partial charge in [0.15, 0.2) is 0 Å². The molecule has 0 fully saturated rings. The molecule has 2 aromatic rings. The molecule has 0 radical (unpaired) electrons. The predicted molar refractivity (Wildman–Crippen MR) is 115 cm³/mol. The number of carbonyl (C=O) groups excluding carboxylic acids is 1. The summed E-state index contributed by atoms with van der Waals surface area (Å²) in [5, 5.41) is 9.60. The van der Waals surface area contributed by atoms with E-state index in [9.17, 15) is 4.79 Å². The van der Waals surface area contributed by atoms with E-state index in [0.717, 1.165) is 17.2 Å². The molecule has 7 heteroatoms. The summed E-state index contributed by atoms with van der Waals surface area (Å²) in [6.07, 6.45) is 0.266. The first-order valence-corrected chi connectivity index (χ1v) is 9.88. The second-order valence-electron chi connectivity index (χ2n) is 6.42. The summed E-state index contributed by atoms with van der Waals surface area (Å²) in [5.74, 6) is 1.41. The van der Waals surface area contributed by atoms with E-state index >= 15 is 0 Å². The average Bonchev–Trinajstić information content (AvgIpc) is 2.71. The number of halogens is 1. The Hall–Kier alpha value is -2.75. The van der Waals surface area contributed by atoms with Crippen LogP contribution < -0.4 is 14.4 Å². The third-order valence-electron chi connectivity index (χ3n) is 4.17. The Morgan fingerprint density at radius 2 is 1.66 bits per heavy atom. The van der Waals surface area contributed by atoms with Gasteiger partial charge in [-0.15, -0.1) is 0 Å². The molecular formula is C22H26ClN3O3. The van der Waals surface area contributed by atoms with Crippen molar-refractivity contribution in [2.24, 2.45) is 0 Å². The zero-order valence-electron chi connectivity index (χ0n) is 16.8. The van der Waals surface area contributed by atoms with Gasteiger partial charge in [-0.1, -0.05) is 11.6 Å². The number of rotatable bonds is 11. The highest BCUT2D eigenvalue weighted by atomic mass is 35.5. The van der Waals surface area contributed by atoms with Crippen molar-refractivity contribution >= 4 is 23.2 Å². The largest absolute Gasteiger partial charge is 0.494 e. The smallest absolute Gasteiger partial charge is 0.241 e. The molecule has 0 aliphatic rings. The number of amides is 1. The summed E-state index contributed by atoms with van der Waals surface area (Å²) >= 11 is 5.86. The standard InChI is InChI=1S/C22H26ClN3O3/c1-3-28-20-11-7-19(8-12-20)26(14-4-13-24)22(27)17-25(2)15-16-29-21-9-5-18(23)6-10-21/h5-12H,3-4,14-17H2,1-2H3. The van der Waals surface area contributed by atoms with Crippen LogP contribution in [0.5, 0.6) is 11.5 Å². The van der Waals surface area contributed by atoms with E-state index in [1.165, 1.54) is 0 Å². The molecule has 29 heavy (non-hydrogen) atoms. The quantitative estimate of drug-likeness (QED) is 0.555. The third-order valence-corrected chi connectivity index (χ3v) is 4.42. The first-order valence-electron chi connectivity index (χ1n) is 9.50. The summed E-state index contributed by atoms with van der Waals surface area (Å²) in [6, 6.07) is 16.6. The molecule has 2 rings (SSSR count). The molecule has 0 atom stereocenters. The Kier molecular flexibility index (Phi) is 9.29. The van der Waals surface area contributed by atoms with Crippen LogP contribution in [0.15, 0.2) is 48.5 Å². The fourth-order valence-electron chi connectivity index (χ4n) is 2.69. The van der Waals surface area contributed by atoms with Crippen LogP contribution in [0.4, 0.5) is 5.69 Å². The van der Waals surface area contributed by atoms with Crippen LogP contribution in [0.3, 0.4) is 0 Å². The van der Waals surface area contributed by atoms with E-state index in [1.807, 2.05) is 55.3 Å². The van der Waals surface area contributed by atoms with E-state index in [-0.39, 0.29) is 18.9 Å². The summed E-state index contributed by atoms with van der Waals surface area (Å²) < 4.78 is 11.1. The first-order chi connectivity index (χ1) is 14.0. The topological polar surface area (TPSA) is 65.8 Å². The molecule has 2 aromatic carbocycles. The highest BCUT2D eigenvalue weighted by molar-refractivity contribution is 6.30. The Bertz CT molecular complexity index is 804. The molecule has 154 valence electrons. The van der Waals surface area contributed by atoms with Gasteiger partial charge in [-0.3, -0.25) is 9.69 Å². The molecule has 0 aromatic heterocycles. The third kappa shape index (κ3) is 7.65. The van der Waals surface area contributed by atoms with Gasteiger partial charge < -0.3 is 14.4 Å². The number of carbonyl (C=O) groups is 1. The normalized spacial score (nSPS) is 10.4. The van der Waals surface area contributed by atoms with Crippen LogP contribution in [-0.2, 0) is 4.79 Å². The number of ether oxygens (including phenoxy) is 2. The molecule has 0 heterocycles. The lowest BCUT2D eigenvalue weighted by Crippen LogP contribution is -2.40. The molecule has 0 saturated heterocycles. The van der Waals surface area contributed by atoms with Gasteiger partial charge in [0.1, 0.15) is 18.1 Å². The van der Waals surface area contributed by atoms with Crippen LogP contribution in [-0.4, -0.2) is 50.7 Å². The number of hydrogen-bond acceptors (Lipinski definition) is 5. The van der Waals surface area contributed by atoms with Gasteiger partial charge in [0.2, 0.25) is 5.91 Å². The molecule has 0 N–H and O–H groups in total. The van der Waals surface area contributed by atoms with Crippen molar-refractivity contribution in [3.63, 3.8) is 0 Å². The van der Waals surface area contributed by atoms with Crippen molar-refractivity contribution in [3.05, 3.63) is 53.6 Å². The molecule has 6 nitrogen and oxygen atoms in total. The maximum atomic E-state index is 12.8. The number of nitriles is 1. The minimum Gasteiger partial charge on any atom is -0.494 e. The zero-order chi connectivity index (χ0) is 21.1. The monoisotopic (exact) mass is 415 g/mol. The minimum atomic E-state index is -0.0709. The fraction of sp³-hybridized carbons (Fsp3) is 0.364. The van der Waals surface area contributed by atoms with Gasteiger partial charge in [-0.25, -0.2) is 0 Å². The van der Waals surface area contributed by atoms with Crippen molar-refractivity contribution in [3.8, 4) is 17.6 Å². The Labute approximate surface area is 177 Å². The molecule has 0 aliphatic carbocycles. The van der Waals surface area contributed by atoms with Gasteiger partial charge in [0, 0.05) is 23.8 Å². The first kappa shape index (κ1) is 22.5. The zero-order valence-corrected chi connectivity index (χ0v) is 17.6. The van der Waals surface area contributed by atoms with Crippen LogP contribution >= 0.6 is 11.6 Å². The van der Waals surface area contributed by atoms with Gasteiger partial charge in [-0.2, -0.15) is 5.26 Å². The van der Waals surface area contributed by atoms with Gasteiger partial charge >= 0.3 is 0 Å². The molecule has 0 bridgehead atoms. The van der Waals surface area contributed by atoms with Crippen molar-refractivity contribution in [2.45, 2.75) is 13.3 Å². The fourth-order valence-corrected chi connectivity index (χ4v) is 2.82. The molecular weight excluding hydrogens is 390 g/mol. The van der Waals surface area contributed by atoms with Gasteiger partial charge in [0.25, 0.3) is 0 Å². The van der Waals surface area contributed by atoms with Gasteiger partial charge in [-0.05, 0) is 62.5 Å². The Morgan fingerprint density at radius 1 is 1.03 bits per heavy atom. The number of anilines is 1. The second kappa shape index (κ2) is 11.9. The summed E-state index contributed by atoms with van der Waals surface area (Å²) in [6.45, 7) is 4.11. The molecule has 0 spiro atoms. The maximum absolute atomic E-state index is 12.8. The lowest BCUT2D eigenvalue weighted by Gasteiger charge is -2.25. The SMILES string of the molecule is CCOc1ccc(N(CCC#N)C(=O)CN(C)CCOc2ccc(Cl)cc2)cc1. The molecule has 0 unspecified atom stereocenters. The summed E-state index contributed by atoms with van der Waals surface area (Å²) in [4.78, 5) is 16.4. The molecule has 0 aliphatic heterocycles. The minimum absolute atomic E-state index is 0.0709. The second-order valence-corrected chi connectivity index (χ2v) is 6.86. The van der Waals surface area contributed by atoms with Crippen LogP contribution in [0.2, 0.25) is 5.02 Å². The van der Waals surface area contributed by atoms with E-state index in [0.29, 0.717) is 31.3 Å². The van der Waals surface area contributed by atoms with E-state index in [1.54, 1.807) is 17.0 Å². The number of benzene rings is 2. The van der Waals surface area contributed by atoms with E-state index < -0.39 is 0 Å². The Balaban J connectivity index is 1.90. The highest BCUT2D eigenvalue weighted by Crippen LogP contribution is 2.20. The maximum Gasteiger partial charge on any atom is 0.241 e. The lowest BCUT2D eigenvalue weighted by molar-refractivity contribution is -0.119. The van der Waals surface area contributed by atoms with Crippen molar-refractivity contribution in [1.29, 1.82) is 5.26 Å². The number of nitrogens with zero attached hydrogens (tertiary/aromatic N) is 3. The van der Waals surface area contributed by atoms with Crippen molar-refractivity contribution < 1.29 is 14.3 Å². The lowest BCUT2D eigenvalue weighted by atomic mass is 10.2. The number of hydrogen-bond donors (Lipinski definition) is 0. The number of likely N-dealkylation sites (N-methyl/N-ethyl adjacent to an activating group) is 1. The van der Waals surface area contributed by atoms with Gasteiger partial charge in [0.05, 0.1) is 25.6 Å². The van der Waals surface area contributed by atoms with E-state index in [4.69, 9.17) is 26.3 Å². The summed E-state index contributed by atoms with van der Waals surface area (Å²) in [5.41, 5.74) is 0.750. The van der Waals surface area contributed by atoms with E-state index in [2.05, 4.69) is 6.07 Å².